The van der Waals surface area contributed by atoms with Crippen LogP contribution in [-0.2, 0) is 14.8 Å². The third-order valence-corrected chi connectivity index (χ3v) is 8.60. The summed E-state index contributed by atoms with van der Waals surface area (Å²) >= 11 is 1.40. The molecule has 2 aromatic carbocycles. The zero-order valence-corrected chi connectivity index (χ0v) is 20.5. The molecular formula is C24H27N3O4S2. The molecule has 0 radical (unpaired) electrons. The second-order valence-electron chi connectivity index (χ2n) is 8.20. The van der Waals surface area contributed by atoms with Crippen molar-refractivity contribution in [2.24, 2.45) is 5.92 Å². The molecule has 1 saturated heterocycles. The molecule has 1 aromatic heterocycles. The summed E-state index contributed by atoms with van der Waals surface area (Å²) in [5.41, 5.74) is 4.19. The molecule has 1 aliphatic heterocycles. The van der Waals surface area contributed by atoms with E-state index in [0.717, 1.165) is 22.4 Å². The minimum absolute atomic E-state index is 0.113. The Balaban J connectivity index is 1.37. The molecule has 0 unspecified atom stereocenters. The van der Waals surface area contributed by atoms with Crippen LogP contribution in [0.15, 0.2) is 52.7 Å². The highest BCUT2D eigenvalue weighted by Gasteiger charge is 2.32. The molecule has 1 aliphatic rings. The molecule has 4 rings (SSSR count). The van der Waals surface area contributed by atoms with Gasteiger partial charge in [-0.2, -0.15) is 4.31 Å². The summed E-state index contributed by atoms with van der Waals surface area (Å²) in [5, 5.41) is 5.43. The zero-order chi connectivity index (χ0) is 23.6. The average Bonchev–Trinajstić information content (AvgIpc) is 3.29. The molecule has 1 fully saturated rings. The second kappa shape index (κ2) is 9.62. The van der Waals surface area contributed by atoms with Crippen LogP contribution in [0.4, 0.5) is 5.13 Å². The van der Waals surface area contributed by atoms with Gasteiger partial charge in [-0.1, -0.05) is 17.7 Å². The third kappa shape index (κ3) is 5.10. The Morgan fingerprint density at radius 2 is 1.82 bits per heavy atom. The number of nitrogens with zero attached hydrogens (tertiary/aromatic N) is 2. The first-order valence-electron chi connectivity index (χ1n) is 10.8. The van der Waals surface area contributed by atoms with Gasteiger partial charge in [-0.05, 0) is 62.6 Å². The molecule has 0 spiro atoms. The zero-order valence-electron chi connectivity index (χ0n) is 18.9. The number of carbonyl (C=O) groups is 1. The lowest BCUT2D eigenvalue weighted by Gasteiger charge is -2.30. The Labute approximate surface area is 198 Å². The van der Waals surface area contributed by atoms with Gasteiger partial charge in [0.1, 0.15) is 5.75 Å². The standard InChI is InChI=1S/C24H27N3O4S2/c1-16-4-5-17(2)21(14-16)22-15-32-24(25-22)26-23(28)18-10-12-27(13-11-18)33(29,30)20-8-6-19(31-3)7-9-20/h4-9,14-15,18H,10-13H2,1-3H3,(H,25,26,28). The number of aromatic nitrogens is 1. The maximum absolute atomic E-state index is 12.9. The van der Waals surface area contributed by atoms with Gasteiger partial charge < -0.3 is 10.1 Å². The Hall–Kier alpha value is -2.75. The number of aryl methyl sites for hydroxylation is 2. The Kier molecular flexibility index (Phi) is 6.83. The van der Waals surface area contributed by atoms with E-state index in [4.69, 9.17) is 4.74 Å². The van der Waals surface area contributed by atoms with E-state index in [1.807, 2.05) is 19.2 Å². The van der Waals surface area contributed by atoms with Gasteiger partial charge >= 0.3 is 0 Å². The summed E-state index contributed by atoms with van der Waals surface area (Å²) in [5.74, 6) is 0.242. The van der Waals surface area contributed by atoms with Gasteiger partial charge in [0.15, 0.2) is 5.13 Å². The molecule has 0 aliphatic carbocycles. The number of sulfonamides is 1. The van der Waals surface area contributed by atoms with E-state index in [2.05, 4.69) is 28.5 Å². The van der Waals surface area contributed by atoms with E-state index in [1.165, 1.54) is 22.8 Å². The highest BCUT2D eigenvalue weighted by molar-refractivity contribution is 7.89. The fourth-order valence-electron chi connectivity index (χ4n) is 3.93. The average molecular weight is 486 g/mol. The first-order valence-corrected chi connectivity index (χ1v) is 13.1. The topological polar surface area (TPSA) is 88.6 Å². The van der Waals surface area contributed by atoms with Gasteiger partial charge in [0.05, 0.1) is 17.7 Å². The number of nitrogens with one attached hydrogen (secondary N) is 1. The van der Waals surface area contributed by atoms with Crippen molar-refractivity contribution in [2.45, 2.75) is 31.6 Å². The molecule has 0 bridgehead atoms. The summed E-state index contributed by atoms with van der Waals surface area (Å²) in [6.07, 6.45) is 0.937. The number of rotatable bonds is 6. The normalized spacial score (nSPS) is 15.4. The van der Waals surface area contributed by atoms with E-state index in [0.29, 0.717) is 36.8 Å². The largest absolute Gasteiger partial charge is 0.497 e. The van der Waals surface area contributed by atoms with E-state index < -0.39 is 10.0 Å². The van der Waals surface area contributed by atoms with Crippen LogP contribution < -0.4 is 10.1 Å². The summed E-state index contributed by atoms with van der Waals surface area (Å²) < 4.78 is 32.4. The van der Waals surface area contributed by atoms with Crippen molar-refractivity contribution in [3.8, 4) is 17.0 Å². The first-order chi connectivity index (χ1) is 15.8. The van der Waals surface area contributed by atoms with Gasteiger partial charge in [0.25, 0.3) is 0 Å². The highest BCUT2D eigenvalue weighted by Crippen LogP contribution is 2.30. The van der Waals surface area contributed by atoms with Gasteiger partial charge in [0.2, 0.25) is 15.9 Å². The Morgan fingerprint density at radius 3 is 2.48 bits per heavy atom. The fraction of sp³-hybridized carbons (Fsp3) is 0.333. The summed E-state index contributed by atoms with van der Waals surface area (Å²) in [7, 11) is -2.06. The maximum Gasteiger partial charge on any atom is 0.243 e. The van der Waals surface area contributed by atoms with Crippen molar-refractivity contribution in [3.05, 3.63) is 59.0 Å². The molecular weight excluding hydrogens is 458 g/mol. The van der Waals surface area contributed by atoms with Gasteiger partial charge in [-0.3, -0.25) is 4.79 Å². The minimum atomic E-state index is -3.59. The lowest BCUT2D eigenvalue weighted by atomic mass is 9.97. The first kappa shape index (κ1) is 23.4. The Morgan fingerprint density at radius 1 is 1.12 bits per heavy atom. The molecule has 3 aromatic rings. The number of anilines is 1. The quantitative estimate of drug-likeness (QED) is 0.556. The molecule has 1 amide bonds. The maximum atomic E-state index is 12.9. The number of methoxy groups -OCH3 is 1. The molecule has 0 saturated carbocycles. The number of hydrogen-bond acceptors (Lipinski definition) is 6. The molecule has 1 N–H and O–H groups in total. The van der Waals surface area contributed by atoms with Crippen LogP contribution >= 0.6 is 11.3 Å². The summed E-state index contributed by atoms with van der Waals surface area (Å²) in [4.78, 5) is 17.6. The van der Waals surface area contributed by atoms with Crippen molar-refractivity contribution in [3.63, 3.8) is 0 Å². The van der Waals surface area contributed by atoms with Crippen molar-refractivity contribution in [2.75, 3.05) is 25.5 Å². The number of benzene rings is 2. The predicted octanol–water partition coefficient (Wildman–Crippen LogP) is 4.47. The fourth-order valence-corrected chi connectivity index (χ4v) is 6.11. The van der Waals surface area contributed by atoms with Crippen molar-refractivity contribution >= 4 is 32.4 Å². The number of amides is 1. The third-order valence-electron chi connectivity index (χ3n) is 5.93. The molecule has 7 nitrogen and oxygen atoms in total. The lowest BCUT2D eigenvalue weighted by molar-refractivity contribution is -0.120. The SMILES string of the molecule is COc1ccc(S(=O)(=O)N2CCC(C(=O)Nc3nc(-c4cc(C)ccc4C)cs3)CC2)cc1. The Bertz CT molecular complexity index is 1240. The molecule has 2 heterocycles. The predicted molar refractivity (Wildman–Crippen MR) is 130 cm³/mol. The van der Waals surface area contributed by atoms with E-state index in [9.17, 15) is 13.2 Å². The van der Waals surface area contributed by atoms with Crippen LogP contribution in [0, 0.1) is 19.8 Å². The van der Waals surface area contributed by atoms with Crippen LogP contribution in [-0.4, -0.2) is 43.8 Å². The van der Waals surface area contributed by atoms with Crippen LogP contribution in [0.2, 0.25) is 0 Å². The smallest absolute Gasteiger partial charge is 0.243 e. The summed E-state index contributed by atoms with van der Waals surface area (Å²) in [6.45, 7) is 4.69. The number of ether oxygens (including phenoxy) is 1. The number of hydrogen-bond donors (Lipinski definition) is 1. The number of thiazole rings is 1. The highest BCUT2D eigenvalue weighted by atomic mass is 32.2. The molecule has 9 heteroatoms. The van der Waals surface area contributed by atoms with Crippen LogP contribution in [0.1, 0.15) is 24.0 Å². The minimum Gasteiger partial charge on any atom is -0.497 e. The molecule has 0 atom stereocenters. The molecule has 174 valence electrons. The van der Waals surface area contributed by atoms with E-state index >= 15 is 0 Å². The monoisotopic (exact) mass is 485 g/mol. The lowest BCUT2D eigenvalue weighted by Crippen LogP contribution is -2.41. The van der Waals surface area contributed by atoms with Crippen molar-refractivity contribution < 1.29 is 17.9 Å². The number of piperidine rings is 1. The molecule has 33 heavy (non-hydrogen) atoms. The van der Waals surface area contributed by atoms with Crippen LogP contribution in [0.5, 0.6) is 5.75 Å². The van der Waals surface area contributed by atoms with Gasteiger partial charge in [-0.15, -0.1) is 11.3 Å². The summed E-state index contributed by atoms with van der Waals surface area (Å²) in [6, 6.07) is 12.6. The van der Waals surface area contributed by atoms with E-state index in [-0.39, 0.29) is 16.7 Å². The van der Waals surface area contributed by atoms with Gasteiger partial charge in [0, 0.05) is 30.0 Å². The van der Waals surface area contributed by atoms with Gasteiger partial charge in [-0.25, -0.2) is 13.4 Å². The van der Waals surface area contributed by atoms with Crippen molar-refractivity contribution in [1.82, 2.24) is 9.29 Å². The van der Waals surface area contributed by atoms with E-state index in [1.54, 1.807) is 24.3 Å². The van der Waals surface area contributed by atoms with Crippen LogP contribution in [0.3, 0.4) is 0 Å². The van der Waals surface area contributed by atoms with Crippen LogP contribution in [0.25, 0.3) is 11.3 Å². The second-order valence-corrected chi connectivity index (χ2v) is 11.0. The number of carbonyl (C=O) groups excluding carboxylic acids is 1. The van der Waals surface area contributed by atoms with Crippen molar-refractivity contribution in [1.29, 1.82) is 0 Å².